The van der Waals surface area contributed by atoms with E-state index in [4.69, 9.17) is 14.6 Å². The number of anilines is 1. The molecular weight excluding hydrogens is 452 g/mol. The number of ether oxygens (including phenoxy) is 2. The van der Waals surface area contributed by atoms with Crippen LogP contribution in [0.1, 0.15) is 44.8 Å². The first-order chi connectivity index (χ1) is 16.5. The number of methoxy groups -OCH3 is 2. The summed E-state index contributed by atoms with van der Waals surface area (Å²) >= 11 is 1.51. The van der Waals surface area contributed by atoms with Crippen LogP contribution >= 0.6 is 11.8 Å². The van der Waals surface area contributed by atoms with Crippen molar-refractivity contribution < 1.29 is 19.0 Å². The number of benzene rings is 2. The lowest BCUT2D eigenvalue weighted by molar-refractivity contribution is -0.763. The first kappa shape index (κ1) is 23.8. The van der Waals surface area contributed by atoms with Crippen LogP contribution in [-0.4, -0.2) is 36.0 Å². The van der Waals surface area contributed by atoms with Crippen molar-refractivity contribution in [1.82, 2.24) is 10.1 Å². The van der Waals surface area contributed by atoms with Crippen LogP contribution in [0.5, 0.6) is 11.5 Å². The van der Waals surface area contributed by atoms with Crippen molar-refractivity contribution in [2.45, 2.75) is 44.4 Å². The summed E-state index contributed by atoms with van der Waals surface area (Å²) in [4.78, 5) is 31.0. The van der Waals surface area contributed by atoms with E-state index in [2.05, 4.69) is 11.9 Å². The molecule has 0 saturated carbocycles. The summed E-state index contributed by atoms with van der Waals surface area (Å²) in [5.41, 5.74) is 2.09. The number of nitrogens with one attached hydrogen (secondary N) is 1. The average molecular weight is 482 g/mol. The Labute approximate surface area is 202 Å². The summed E-state index contributed by atoms with van der Waals surface area (Å²) in [6, 6.07) is 12.9. The molecule has 2 heterocycles. The Bertz CT molecular complexity index is 1260. The second-order valence-corrected chi connectivity index (χ2v) is 9.05. The molecule has 0 radical (unpaired) electrons. The standard InChI is InChI=1S/C25H28N4O4S/c1-5-6-9-15-34-25-26-23(31)21-17-11-7-8-13-19(17)28(16(2)30)24(29(21)27-25)18-12-10-14-20(32-3)22(18)33-4/h7-8,10-14,24H,5-6,9,15H2,1-4H3/p+1/t24-/m0/s1. The number of rotatable bonds is 8. The SMILES string of the molecule is CCCCCSc1n[n+]2c(c(=O)[nH]1)-c1ccccc1N(C(C)=O)[C@@H]2c1cccc(OC)c1OC. The van der Waals surface area contributed by atoms with Gasteiger partial charge in [0.1, 0.15) is 0 Å². The van der Waals surface area contributed by atoms with Gasteiger partial charge < -0.3 is 9.47 Å². The zero-order valence-electron chi connectivity index (χ0n) is 19.8. The maximum absolute atomic E-state index is 13.4. The zero-order chi connectivity index (χ0) is 24.2. The van der Waals surface area contributed by atoms with E-state index in [0.29, 0.717) is 39.2 Å². The number of aromatic nitrogens is 3. The van der Waals surface area contributed by atoms with Crippen molar-refractivity contribution in [2.75, 3.05) is 24.9 Å². The van der Waals surface area contributed by atoms with E-state index >= 15 is 0 Å². The van der Waals surface area contributed by atoms with E-state index in [0.717, 1.165) is 25.0 Å². The van der Waals surface area contributed by atoms with Crippen molar-refractivity contribution in [3.05, 3.63) is 58.4 Å². The van der Waals surface area contributed by atoms with Gasteiger partial charge in [0, 0.05) is 17.8 Å². The predicted molar refractivity (Wildman–Crippen MR) is 132 cm³/mol. The molecule has 0 spiro atoms. The predicted octanol–water partition coefficient (Wildman–Crippen LogP) is 3.94. The number of unbranched alkanes of at least 4 members (excludes halogenated alkanes) is 2. The molecule has 9 heteroatoms. The molecule has 1 aliphatic rings. The van der Waals surface area contributed by atoms with Gasteiger partial charge >= 0.3 is 11.3 Å². The minimum Gasteiger partial charge on any atom is -0.493 e. The van der Waals surface area contributed by atoms with E-state index in [1.807, 2.05) is 36.4 Å². The second-order valence-electron chi connectivity index (χ2n) is 7.97. The minimum atomic E-state index is -0.732. The smallest absolute Gasteiger partial charge is 0.325 e. The lowest BCUT2D eigenvalue weighted by Crippen LogP contribution is -2.60. The van der Waals surface area contributed by atoms with Crippen molar-refractivity contribution in [3.63, 3.8) is 0 Å². The van der Waals surface area contributed by atoms with Crippen molar-refractivity contribution in [3.8, 4) is 22.8 Å². The van der Waals surface area contributed by atoms with Gasteiger partial charge in [0.25, 0.3) is 6.17 Å². The molecule has 2 aromatic carbocycles. The Kier molecular flexibility index (Phi) is 7.21. The molecule has 3 aromatic rings. The number of thioether (sulfide) groups is 1. The third-order valence-corrected chi connectivity index (χ3v) is 6.75. The Morgan fingerprint density at radius 1 is 1.15 bits per heavy atom. The number of hydrogen-bond acceptors (Lipinski definition) is 6. The number of nitrogens with zero attached hydrogens (tertiary/aromatic N) is 3. The van der Waals surface area contributed by atoms with Crippen LogP contribution in [-0.2, 0) is 4.79 Å². The topological polar surface area (TPSA) is 88.4 Å². The van der Waals surface area contributed by atoms with Gasteiger partial charge in [-0.3, -0.25) is 14.6 Å². The number of carbonyl (C=O) groups is 1. The van der Waals surface area contributed by atoms with Gasteiger partial charge in [-0.2, -0.15) is 0 Å². The zero-order valence-corrected chi connectivity index (χ0v) is 20.6. The first-order valence-corrected chi connectivity index (χ1v) is 12.3. The van der Waals surface area contributed by atoms with Gasteiger partial charge in [-0.05, 0) is 35.4 Å². The molecule has 1 aromatic heterocycles. The summed E-state index contributed by atoms with van der Waals surface area (Å²) in [5.74, 6) is 1.68. The third kappa shape index (κ3) is 4.27. The summed E-state index contributed by atoms with van der Waals surface area (Å²) in [5, 5.41) is 5.34. The van der Waals surface area contributed by atoms with Gasteiger partial charge in [-0.1, -0.05) is 49.7 Å². The lowest BCUT2D eigenvalue weighted by atomic mass is 10.0. The number of fused-ring (bicyclic) bond motifs is 3. The highest BCUT2D eigenvalue weighted by atomic mass is 32.2. The maximum Gasteiger partial charge on any atom is 0.325 e. The first-order valence-electron chi connectivity index (χ1n) is 11.3. The Morgan fingerprint density at radius 2 is 1.94 bits per heavy atom. The van der Waals surface area contributed by atoms with Crippen LogP contribution in [0, 0.1) is 0 Å². The highest BCUT2D eigenvalue weighted by Gasteiger charge is 2.46. The second kappa shape index (κ2) is 10.3. The van der Waals surface area contributed by atoms with E-state index in [1.54, 1.807) is 29.9 Å². The van der Waals surface area contributed by atoms with E-state index in [-0.39, 0.29) is 11.5 Å². The van der Waals surface area contributed by atoms with Crippen LogP contribution in [0.25, 0.3) is 11.3 Å². The van der Waals surface area contributed by atoms with Crippen molar-refractivity contribution in [2.24, 2.45) is 0 Å². The molecule has 4 rings (SSSR count). The highest BCUT2D eigenvalue weighted by molar-refractivity contribution is 7.99. The molecule has 1 amide bonds. The number of carbonyl (C=O) groups excluding carboxylic acids is 1. The average Bonchev–Trinajstić information content (AvgIpc) is 2.84. The molecule has 0 aliphatic carbocycles. The monoisotopic (exact) mass is 481 g/mol. The summed E-state index contributed by atoms with van der Waals surface area (Å²) in [6.45, 7) is 3.66. The van der Waals surface area contributed by atoms with Gasteiger partial charge in [0.05, 0.1) is 31.0 Å². The summed E-state index contributed by atoms with van der Waals surface area (Å²) in [6.07, 6.45) is 2.53. The molecule has 0 saturated heterocycles. The molecule has 8 nitrogen and oxygen atoms in total. The molecule has 178 valence electrons. The molecule has 0 bridgehead atoms. The number of hydrogen-bond donors (Lipinski definition) is 1. The number of aromatic amines is 1. The van der Waals surface area contributed by atoms with Gasteiger partial charge in [0.2, 0.25) is 11.1 Å². The van der Waals surface area contributed by atoms with Crippen LogP contribution in [0.2, 0.25) is 0 Å². The normalized spacial score (nSPS) is 14.4. The molecule has 1 aliphatic heterocycles. The van der Waals surface area contributed by atoms with Crippen molar-refractivity contribution in [1.29, 1.82) is 0 Å². The molecule has 0 unspecified atom stereocenters. The fourth-order valence-corrected chi connectivity index (χ4v) is 5.15. The molecule has 1 N–H and O–H groups in total. The quantitative estimate of drug-likeness (QED) is 0.298. The van der Waals surface area contributed by atoms with E-state index in [1.165, 1.54) is 18.7 Å². The van der Waals surface area contributed by atoms with E-state index < -0.39 is 6.17 Å². The summed E-state index contributed by atoms with van der Waals surface area (Å²) < 4.78 is 12.9. The highest BCUT2D eigenvalue weighted by Crippen LogP contribution is 2.42. The van der Waals surface area contributed by atoms with Crippen LogP contribution in [0.3, 0.4) is 0 Å². The Balaban J connectivity index is 1.97. The number of para-hydroxylation sites is 2. The number of amides is 1. The Hall–Kier alpha value is -3.33. The Morgan fingerprint density at radius 3 is 2.65 bits per heavy atom. The van der Waals surface area contributed by atoms with Crippen LogP contribution in [0.15, 0.2) is 52.4 Å². The van der Waals surface area contributed by atoms with Gasteiger partial charge in [-0.15, -0.1) is 0 Å². The fraction of sp³-hybridized carbons (Fsp3) is 0.360. The maximum atomic E-state index is 13.4. The van der Waals surface area contributed by atoms with Crippen LogP contribution < -0.4 is 24.6 Å². The number of H-pyrrole nitrogens is 1. The largest absolute Gasteiger partial charge is 0.493 e. The lowest BCUT2D eigenvalue weighted by Gasteiger charge is -2.32. The molecule has 34 heavy (non-hydrogen) atoms. The van der Waals surface area contributed by atoms with Gasteiger partial charge in [0.15, 0.2) is 11.5 Å². The fourth-order valence-electron chi connectivity index (χ4n) is 4.29. The van der Waals surface area contributed by atoms with Gasteiger partial charge in [-0.25, -0.2) is 4.90 Å². The van der Waals surface area contributed by atoms with Crippen LogP contribution in [0.4, 0.5) is 5.69 Å². The molecular formula is C25H29N4O4S+. The van der Waals surface area contributed by atoms with E-state index in [9.17, 15) is 9.59 Å². The minimum absolute atomic E-state index is 0.181. The third-order valence-electron chi connectivity index (χ3n) is 5.80. The summed E-state index contributed by atoms with van der Waals surface area (Å²) in [7, 11) is 3.12. The van der Waals surface area contributed by atoms with Crippen molar-refractivity contribution >= 4 is 23.4 Å². The molecule has 0 fully saturated rings. The molecule has 1 atom stereocenters.